The molecule has 2 aromatic rings. The highest BCUT2D eigenvalue weighted by Gasteiger charge is 2.25. The first kappa shape index (κ1) is 17.5. The van der Waals surface area contributed by atoms with E-state index in [0.717, 1.165) is 24.8 Å². The Morgan fingerprint density at radius 2 is 2.16 bits per heavy atom. The summed E-state index contributed by atoms with van der Waals surface area (Å²) in [4.78, 5) is 22.3. The molecule has 0 bridgehead atoms. The molecule has 3 rings (SSSR count). The van der Waals surface area contributed by atoms with Gasteiger partial charge in [0.05, 0.1) is 6.20 Å². The van der Waals surface area contributed by atoms with E-state index in [9.17, 15) is 9.18 Å². The highest BCUT2D eigenvalue weighted by Crippen LogP contribution is 2.21. The molecule has 1 amide bonds. The molecule has 1 aliphatic heterocycles. The number of aromatic nitrogens is 2. The summed E-state index contributed by atoms with van der Waals surface area (Å²) in [5.74, 6) is -0.272. The molecule has 1 saturated heterocycles. The summed E-state index contributed by atoms with van der Waals surface area (Å²) < 4.78 is 13.5. The summed E-state index contributed by atoms with van der Waals surface area (Å²) in [5.41, 5.74) is 1.36. The third kappa shape index (κ3) is 4.39. The molecular weight excluding hydrogens is 319 g/mol. The quantitative estimate of drug-likeness (QED) is 0.908. The predicted molar refractivity (Wildman–Crippen MR) is 93.5 cm³/mol. The van der Waals surface area contributed by atoms with Gasteiger partial charge < -0.3 is 10.2 Å². The number of carbonyl (C=O) groups excluding carboxylic acids is 1. The van der Waals surface area contributed by atoms with E-state index in [1.807, 2.05) is 11.0 Å². The van der Waals surface area contributed by atoms with Crippen molar-refractivity contribution in [3.8, 4) is 0 Å². The first-order chi connectivity index (χ1) is 12.2. The van der Waals surface area contributed by atoms with Gasteiger partial charge in [-0.15, -0.1) is 0 Å². The van der Waals surface area contributed by atoms with Crippen molar-refractivity contribution in [2.24, 2.45) is 0 Å². The second kappa shape index (κ2) is 8.16. The van der Waals surface area contributed by atoms with Crippen LogP contribution in [0.25, 0.3) is 0 Å². The minimum absolute atomic E-state index is 0.0660. The molecular formula is C19H23FN4O. The maximum absolute atomic E-state index is 13.5. The fourth-order valence-electron chi connectivity index (χ4n) is 3.28. The summed E-state index contributed by atoms with van der Waals surface area (Å²) in [6.45, 7) is 3.47. The topological polar surface area (TPSA) is 58.1 Å². The number of carbonyl (C=O) groups is 1. The van der Waals surface area contributed by atoms with Gasteiger partial charge in [-0.05, 0) is 37.0 Å². The normalized spacial score (nSPS) is 16.6. The average molecular weight is 342 g/mol. The molecule has 6 heteroatoms. The number of halogens is 1. The van der Waals surface area contributed by atoms with E-state index in [1.54, 1.807) is 18.3 Å². The minimum atomic E-state index is -0.206. The smallest absolute Gasteiger partial charge is 0.274 e. The van der Waals surface area contributed by atoms with E-state index in [1.165, 1.54) is 18.5 Å². The number of piperidine rings is 1. The Bertz CT molecular complexity index is 702. The van der Waals surface area contributed by atoms with Crippen LogP contribution >= 0.6 is 0 Å². The molecule has 132 valence electrons. The zero-order valence-corrected chi connectivity index (χ0v) is 14.4. The lowest BCUT2D eigenvalue weighted by atomic mass is 9.99. The standard InChI is InChI=1S/C19H23FN4O/c1-2-17(14-4-3-5-15(20)12-14)23-16-6-10-24(11-7-16)19(25)18-13-21-8-9-22-18/h3-5,8-9,12-13,16-17,23H,2,6-7,10-11H2,1H3/t17-/m1/s1. The van der Waals surface area contributed by atoms with Crippen LogP contribution in [0.2, 0.25) is 0 Å². The van der Waals surface area contributed by atoms with Crippen LogP contribution in [-0.4, -0.2) is 39.9 Å². The Balaban J connectivity index is 1.56. The van der Waals surface area contributed by atoms with Gasteiger partial charge in [0.15, 0.2) is 0 Å². The lowest BCUT2D eigenvalue weighted by Crippen LogP contribution is -2.46. The number of amides is 1. The van der Waals surface area contributed by atoms with Gasteiger partial charge in [0.1, 0.15) is 11.5 Å². The largest absolute Gasteiger partial charge is 0.337 e. The van der Waals surface area contributed by atoms with Crippen LogP contribution in [0.1, 0.15) is 48.3 Å². The molecule has 2 heterocycles. The molecule has 0 spiro atoms. The van der Waals surface area contributed by atoms with Gasteiger partial charge in [0.25, 0.3) is 5.91 Å². The molecule has 0 saturated carbocycles. The number of hydrogen-bond acceptors (Lipinski definition) is 4. The number of rotatable bonds is 5. The predicted octanol–water partition coefficient (Wildman–Crippen LogP) is 2.96. The molecule has 1 atom stereocenters. The van der Waals surface area contributed by atoms with Crippen LogP contribution in [0.3, 0.4) is 0 Å². The second-order valence-electron chi connectivity index (χ2n) is 6.34. The molecule has 1 aromatic heterocycles. The molecule has 0 radical (unpaired) electrons. The fraction of sp³-hybridized carbons (Fsp3) is 0.421. The summed E-state index contributed by atoms with van der Waals surface area (Å²) >= 11 is 0. The van der Waals surface area contributed by atoms with Crippen molar-refractivity contribution >= 4 is 5.91 Å². The number of hydrogen-bond donors (Lipinski definition) is 1. The van der Waals surface area contributed by atoms with Gasteiger partial charge in [0.2, 0.25) is 0 Å². The van der Waals surface area contributed by atoms with Gasteiger partial charge >= 0.3 is 0 Å². The summed E-state index contributed by atoms with van der Waals surface area (Å²) in [7, 11) is 0. The van der Waals surface area contributed by atoms with Crippen molar-refractivity contribution in [1.29, 1.82) is 0 Å². The van der Waals surface area contributed by atoms with Crippen molar-refractivity contribution in [2.75, 3.05) is 13.1 Å². The van der Waals surface area contributed by atoms with Crippen molar-refractivity contribution in [3.63, 3.8) is 0 Å². The molecule has 1 N–H and O–H groups in total. The Morgan fingerprint density at radius 1 is 1.36 bits per heavy atom. The van der Waals surface area contributed by atoms with Crippen molar-refractivity contribution in [3.05, 3.63) is 59.9 Å². The maximum Gasteiger partial charge on any atom is 0.274 e. The SMILES string of the molecule is CC[C@@H](NC1CCN(C(=O)c2cnccn2)CC1)c1cccc(F)c1. The van der Waals surface area contributed by atoms with Gasteiger partial charge in [-0.3, -0.25) is 9.78 Å². The summed E-state index contributed by atoms with van der Waals surface area (Å²) in [6, 6.07) is 7.21. The van der Waals surface area contributed by atoms with Gasteiger partial charge in [-0.2, -0.15) is 0 Å². The monoisotopic (exact) mass is 342 g/mol. The number of benzene rings is 1. The molecule has 1 aromatic carbocycles. The van der Waals surface area contributed by atoms with Gasteiger partial charge in [-0.25, -0.2) is 9.37 Å². The Kier molecular flexibility index (Phi) is 5.71. The molecule has 0 unspecified atom stereocenters. The Hall–Kier alpha value is -2.34. The van der Waals surface area contributed by atoms with Crippen molar-refractivity contribution < 1.29 is 9.18 Å². The lowest BCUT2D eigenvalue weighted by Gasteiger charge is -2.34. The minimum Gasteiger partial charge on any atom is -0.337 e. The summed E-state index contributed by atoms with van der Waals surface area (Å²) in [6.07, 6.45) is 7.23. The van der Waals surface area contributed by atoms with Crippen molar-refractivity contribution in [1.82, 2.24) is 20.2 Å². The van der Waals surface area contributed by atoms with Crippen LogP contribution < -0.4 is 5.32 Å². The van der Waals surface area contributed by atoms with Gasteiger partial charge in [-0.1, -0.05) is 19.1 Å². The van der Waals surface area contributed by atoms with Crippen LogP contribution in [0, 0.1) is 5.82 Å². The third-order valence-electron chi connectivity index (χ3n) is 4.66. The Morgan fingerprint density at radius 3 is 2.80 bits per heavy atom. The first-order valence-electron chi connectivity index (χ1n) is 8.74. The Labute approximate surface area is 147 Å². The van der Waals surface area contributed by atoms with E-state index < -0.39 is 0 Å². The van der Waals surface area contributed by atoms with Crippen LogP contribution in [-0.2, 0) is 0 Å². The second-order valence-corrected chi connectivity index (χ2v) is 6.34. The zero-order valence-electron chi connectivity index (χ0n) is 14.4. The van der Waals surface area contributed by atoms with E-state index >= 15 is 0 Å². The van der Waals surface area contributed by atoms with Crippen LogP contribution in [0.4, 0.5) is 4.39 Å². The summed E-state index contributed by atoms with van der Waals surface area (Å²) in [5, 5.41) is 3.62. The molecule has 1 aliphatic rings. The molecule has 0 aliphatic carbocycles. The number of likely N-dealkylation sites (tertiary alicyclic amines) is 1. The number of nitrogens with zero attached hydrogens (tertiary/aromatic N) is 3. The lowest BCUT2D eigenvalue weighted by molar-refractivity contribution is 0.0695. The van der Waals surface area contributed by atoms with Crippen LogP contribution in [0.15, 0.2) is 42.9 Å². The van der Waals surface area contributed by atoms with E-state index in [0.29, 0.717) is 24.8 Å². The van der Waals surface area contributed by atoms with Crippen LogP contribution in [0.5, 0.6) is 0 Å². The fourth-order valence-corrected chi connectivity index (χ4v) is 3.28. The van der Waals surface area contributed by atoms with E-state index in [2.05, 4.69) is 22.2 Å². The third-order valence-corrected chi connectivity index (χ3v) is 4.66. The van der Waals surface area contributed by atoms with E-state index in [-0.39, 0.29) is 17.8 Å². The molecule has 25 heavy (non-hydrogen) atoms. The highest BCUT2D eigenvalue weighted by atomic mass is 19.1. The van der Waals surface area contributed by atoms with Gasteiger partial charge in [0, 0.05) is 37.6 Å². The first-order valence-corrected chi connectivity index (χ1v) is 8.74. The molecule has 1 fully saturated rings. The maximum atomic E-state index is 13.5. The molecule has 5 nitrogen and oxygen atoms in total. The average Bonchev–Trinajstić information content (AvgIpc) is 2.66. The van der Waals surface area contributed by atoms with Crippen molar-refractivity contribution in [2.45, 2.75) is 38.3 Å². The number of nitrogens with one attached hydrogen (secondary N) is 1. The zero-order chi connectivity index (χ0) is 17.6. The van der Waals surface area contributed by atoms with E-state index in [4.69, 9.17) is 0 Å². The highest BCUT2D eigenvalue weighted by molar-refractivity contribution is 5.92.